The summed E-state index contributed by atoms with van der Waals surface area (Å²) < 4.78 is 5.44. The van der Waals surface area contributed by atoms with Crippen molar-refractivity contribution in [2.75, 3.05) is 13.1 Å². The van der Waals surface area contributed by atoms with Crippen molar-refractivity contribution in [2.24, 2.45) is 11.8 Å². The second-order valence-electron chi connectivity index (χ2n) is 5.41. The van der Waals surface area contributed by atoms with Crippen molar-refractivity contribution in [2.45, 2.75) is 52.6 Å². The average molecular weight is 227 g/mol. The van der Waals surface area contributed by atoms with Crippen LogP contribution in [0.3, 0.4) is 0 Å². The predicted octanol–water partition coefficient (Wildman–Crippen LogP) is 2.35. The largest absolute Gasteiger partial charge is 0.461 e. The molecular formula is C13H25NO2. The number of nitrogens with one attached hydrogen (secondary N) is 1. The predicted molar refractivity (Wildman–Crippen MR) is 65.2 cm³/mol. The summed E-state index contributed by atoms with van der Waals surface area (Å²) in [4.78, 5) is 11.5. The van der Waals surface area contributed by atoms with E-state index in [2.05, 4.69) is 26.1 Å². The van der Waals surface area contributed by atoms with Crippen LogP contribution < -0.4 is 5.32 Å². The van der Waals surface area contributed by atoms with Crippen LogP contribution in [-0.2, 0) is 9.53 Å². The van der Waals surface area contributed by atoms with Crippen molar-refractivity contribution in [1.29, 1.82) is 0 Å². The first-order valence-electron chi connectivity index (χ1n) is 6.48. The van der Waals surface area contributed by atoms with Gasteiger partial charge in [0.2, 0.25) is 0 Å². The molecule has 0 aromatic heterocycles. The normalized spacial score (nSPS) is 25.8. The minimum atomic E-state index is -0.0975. The number of esters is 1. The van der Waals surface area contributed by atoms with Crippen LogP contribution in [0.1, 0.15) is 46.5 Å². The summed E-state index contributed by atoms with van der Waals surface area (Å²) >= 11 is 0. The molecule has 1 saturated carbocycles. The van der Waals surface area contributed by atoms with Crippen LogP contribution in [0.2, 0.25) is 0 Å². The Kier molecular flexibility index (Phi) is 5.81. The highest BCUT2D eigenvalue weighted by Gasteiger charge is 2.21. The van der Waals surface area contributed by atoms with Gasteiger partial charge in [0.1, 0.15) is 6.10 Å². The smallest absolute Gasteiger partial charge is 0.320 e. The van der Waals surface area contributed by atoms with E-state index in [0.29, 0.717) is 18.4 Å². The number of hydrogen-bond acceptors (Lipinski definition) is 3. The molecule has 0 amide bonds. The molecule has 0 bridgehead atoms. The Morgan fingerprint density at radius 1 is 1.44 bits per heavy atom. The second kappa shape index (κ2) is 6.89. The topological polar surface area (TPSA) is 38.3 Å². The number of carbonyl (C=O) groups excluding carboxylic acids is 1. The van der Waals surface area contributed by atoms with Crippen LogP contribution in [0.5, 0.6) is 0 Å². The molecule has 2 unspecified atom stereocenters. The molecule has 1 aliphatic rings. The Labute approximate surface area is 98.9 Å². The maximum Gasteiger partial charge on any atom is 0.320 e. The van der Waals surface area contributed by atoms with E-state index in [1.165, 1.54) is 12.8 Å². The molecule has 1 fully saturated rings. The SMILES string of the molecule is CC(C)CNCC(=O)OC1CCCC(C)C1. The van der Waals surface area contributed by atoms with Crippen molar-refractivity contribution in [3.63, 3.8) is 0 Å². The van der Waals surface area contributed by atoms with Crippen LogP contribution >= 0.6 is 0 Å². The fraction of sp³-hybridized carbons (Fsp3) is 0.923. The number of ether oxygens (including phenoxy) is 1. The first kappa shape index (κ1) is 13.5. The number of carbonyl (C=O) groups is 1. The minimum absolute atomic E-state index is 0.0975. The van der Waals surface area contributed by atoms with E-state index in [0.717, 1.165) is 19.4 Å². The first-order chi connectivity index (χ1) is 7.58. The molecule has 94 valence electrons. The fourth-order valence-electron chi connectivity index (χ4n) is 2.18. The van der Waals surface area contributed by atoms with Gasteiger partial charge in [-0.05, 0) is 37.6 Å². The van der Waals surface area contributed by atoms with Gasteiger partial charge < -0.3 is 10.1 Å². The summed E-state index contributed by atoms with van der Waals surface area (Å²) in [6, 6.07) is 0. The zero-order valence-electron chi connectivity index (χ0n) is 10.8. The molecular weight excluding hydrogens is 202 g/mol. The molecule has 1 aliphatic carbocycles. The van der Waals surface area contributed by atoms with Crippen LogP contribution in [0.4, 0.5) is 0 Å². The van der Waals surface area contributed by atoms with Crippen molar-refractivity contribution in [1.82, 2.24) is 5.32 Å². The molecule has 2 atom stereocenters. The van der Waals surface area contributed by atoms with E-state index < -0.39 is 0 Å². The van der Waals surface area contributed by atoms with Gasteiger partial charge in [0, 0.05) is 0 Å². The van der Waals surface area contributed by atoms with Gasteiger partial charge in [0.15, 0.2) is 0 Å². The quantitative estimate of drug-likeness (QED) is 0.733. The van der Waals surface area contributed by atoms with Gasteiger partial charge in [-0.1, -0.05) is 27.2 Å². The third kappa shape index (κ3) is 5.50. The lowest BCUT2D eigenvalue weighted by Crippen LogP contribution is -2.32. The van der Waals surface area contributed by atoms with Gasteiger partial charge in [-0.2, -0.15) is 0 Å². The Morgan fingerprint density at radius 3 is 2.81 bits per heavy atom. The van der Waals surface area contributed by atoms with E-state index in [9.17, 15) is 4.79 Å². The van der Waals surface area contributed by atoms with E-state index in [1.807, 2.05) is 0 Å². The highest BCUT2D eigenvalue weighted by Crippen LogP contribution is 2.25. The lowest BCUT2D eigenvalue weighted by Gasteiger charge is -2.26. The molecule has 16 heavy (non-hydrogen) atoms. The molecule has 3 nitrogen and oxygen atoms in total. The highest BCUT2D eigenvalue weighted by atomic mass is 16.5. The zero-order valence-corrected chi connectivity index (χ0v) is 10.8. The zero-order chi connectivity index (χ0) is 12.0. The van der Waals surface area contributed by atoms with E-state index in [-0.39, 0.29) is 12.1 Å². The Bertz CT molecular complexity index is 216. The van der Waals surface area contributed by atoms with Gasteiger partial charge in [-0.25, -0.2) is 0 Å². The summed E-state index contributed by atoms with van der Waals surface area (Å²) in [5, 5.41) is 3.11. The van der Waals surface area contributed by atoms with Crippen molar-refractivity contribution < 1.29 is 9.53 Å². The molecule has 3 heteroatoms. The van der Waals surface area contributed by atoms with Gasteiger partial charge in [0.05, 0.1) is 6.54 Å². The van der Waals surface area contributed by atoms with E-state index in [1.54, 1.807) is 0 Å². The molecule has 0 saturated heterocycles. The monoisotopic (exact) mass is 227 g/mol. The molecule has 0 aliphatic heterocycles. The van der Waals surface area contributed by atoms with Crippen molar-refractivity contribution in [3.8, 4) is 0 Å². The summed E-state index contributed by atoms with van der Waals surface area (Å²) in [6.07, 6.45) is 4.71. The minimum Gasteiger partial charge on any atom is -0.461 e. The van der Waals surface area contributed by atoms with E-state index >= 15 is 0 Å². The Hall–Kier alpha value is -0.570. The third-order valence-electron chi connectivity index (χ3n) is 3.01. The molecule has 0 aromatic carbocycles. The van der Waals surface area contributed by atoms with Gasteiger partial charge >= 0.3 is 5.97 Å². The second-order valence-corrected chi connectivity index (χ2v) is 5.41. The van der Waals surface area contributed by atoms with Gasteiger partial charge in [-0.15, -0.1) is 0 Å². The van der Waals surface area contributed by atoms with E-state index in [4.69, 9.17) is 4.74 Å². The highest BCUT2D eigenvalue weighted by molar-refractivity contribution is 5.71. The van der Waals surface area contributed by atoms with Crippen LogP contribution in [0.15, 0.2) is 0 Å². The van der Waals surface area contributed by atoms with Crippen LogP contribution in [-0.4, -0.2) is 25.2 Å². The molecule has 0 spiro atoms. The number of rotatable bonds is 5. The van der Waals surface area contributed by atoms with Gasteiger partial charge in [-0.3, -0.25) is 4.79 Å². The maximum atomic E-state index is 11.5. The molecule has 0 aromatic rings. The summed E-state index contributed by atoms with van der Waals surface area (Å²) in [5.74, 6) is 1.18. The fourth-order valence-corrected chi connectivity index (χ4v) is 2.18. The maximum absolute atomic E-state index is 11.5. The van der Waals surface area contributed by atoms with Crippen LogP contribution in [0, 0.1) is 11.8 Å². The molecule has 1 rings (SSSR count). The van der Waals surface area contributed by atoms with Gasteiger partial charge in [0.25, 0.3) is 0 Å². The summed E-state index contributed by atoms with van der Waals surface area (Å²) in [7, 11) is 0. The lowest BCUT2D eigenvalue weighted by atomic mass is 9.89. The molecule has 0 heterocycles. The van der Waals surface area contributed by atoms with Crippen molar-refractivity contribution in [3.05, 3.63) is 0 Å². The average Bonchev–Trinajstić information content (AvgIpc) is 2.16. The van der Waals surface area contributed by atoms with Crippen molar-refractivity contribution >= 4 is 5.97 Å². The Balaban J connectivity index is 2.13. The summed E-state index contributed by atoms with van der Waals surface area (Å²) in [6.45, 7) is 7.71. The molecule has 1 N–H and O–H groups in total. The lowest BCUT2D eigenvalue weighted by molar-refractivity contribution is -0.150. The first-order valence-corrected chi connectivity index (χ1v) is 6.48. The Morgan fingerprint density at radius 2 is 2.19 bits per heavy atom. The number of hydrogen-bond donors (Lipinski definition) is 1. The summed E-state index contributed by atoms with van der Waals surface area (Å²) in [5.41, 5.74) is 0. The van der Waals surface area contributed by atoms with Crippen LogP contribution in [0.25, 0.3) is 0 Å². The standard InChI is InChI=1S/C13H25NO2/c1-10(2)8-14-9-13(15)16-12-6-4-5-11(3)7-12/h10-12,14H,4-9H2,1-3H3. The molecule has 0 radical (unpaired) electrons. The third-order valence-corrected chi connectivity index (χ3v) is 3.01.